The zero-order valence-corrected chi connectivity index (χ0v) is 79.8. The number of unbranched alkanes of at least 4 members (excludes halogenated alkanes) is 12. The third-order valence-electron chi connectivity index (χ3n) is 24.2. The summed E-state index contributed by atoms with van der Waals surface area (Å²) in [6, 6.07) is 28.1. The van der Waals surface area contributed by atoms with Crippen LogP contribution < -0.4 is 56.8 Å². The maximum atomic E-state index is 6.76. The van der Waals surface area contributed by atoms with E-state index in [-0.39, 0.29) is 0 Å². The molecule has 0 saturated heterocycles. The first kappa shape index (κ1) is 92.7. The lowest BCUT2D eigenvalue weighted by molar-refractivity contribution is 0.262. The van der Waals surface area contributed by atoms with Gasteiger partial charge in [-0.1, -0.05) is 160 Å². The summed E-state index contributed by atoms with van der Waals surface area (Å²) < 4.78 is 80.7. The normalized spacial score (nSPS) is 11.9. The molecule has 4 aliphatic rings. The smallest absolute Gasteiger partial charge is 0.164 e. The summed E-state index contributed by atoms with van der Waals surface area (Å²) in [4.78, 5) is 82.6. The molecule has 134 heavy (non-hydrogen) atoms. The zero-order valence-electron chi connectivity index (χ0n) is 79.8. The molecular formula is C106H126N16O12. The van der Waals surface area contributed by atoms with E-state index in [1.807, 2.05) is 72.8 Å². The van der Waals surface area contributed by atoms with Crippen molar-refractivity contribution in [1.82, 2.24) is 79.7 Å². The van der Waals surface area contributed by atoms with Gasteiger partial charge >= 0.3 is 0 Å². The molecule has 4 N–H and O–H groups in total. The Bertz CT molecular complexity index is 6000. The number of hydrogen-bond donors (Lipinski definition) is 4. The Morgan fingerprint density at radius 3 is 0.381 bits per heavy atom. The standard InChI is InChI=1S/C106H126N16O12/c1-13-25-37-123-79-51-67-71(55-83(79)127-41-29-17-5)99-113-95(67)109-91-63-49-65-66(50-64(63)92(107-91)110-96-68-52-80(124-38-26-14-2)84(128-42-30-18-6)56-72(68)100(114-96)118-104-76-60-88(132-46-34-22-10)87(131-45-33-21-9)59-75(76)103(117-99)121-104)94-108-93(65)111-97-69-53-81(125-39-27-15-3)85(129-43-31-19-7)57-73(69)101(115-97)119-105-77-61-89(133-47-35-23-11)90(134-48-36-24-12)62-78(77)106(122-105)120-102-74-58-86(130-44-32-20-8)82(126-40-28-16-4)54-70(74)98(112-94)116-102/h49-62H,13-48H2,1-12H3,(H2,107,109,110,113,114,117,118,121)(H2,108,111,112,115,116,119,120,122). The van der Waals surface area contributed by atoms with Crippen molar-refractivity contribution in [1.29, 1.82) is 0 Å². The van der Waals surface area contributed by atoms with Crippen molar-refractivity contribution in [3.05, 3.63) is 84.9 Å². The van der Waals surface area contributed by atoms with Crippen molar-refractivity contribution in [2.45, 2.75) is 237 Å². The summed E-state index contributed by atoms with van der Waals surface area (Å²) in [5, 5.41) is 5.48. The fourth-order valence-electron chi connectivity index (χ4n) is 16.4. The Morgan fingerprint density at radius 2 is 0.261 bits per heavy atom. The molecule has 6 aromatic heterocycles. The Hall–Kier alpha value is -13.1. The van der Waals surface area contributed by atoms with Crippen molar-refractivity contribution in [2.75, 3.05) is 79.3 Å². The van der Waals surface area contributed by atoms with Gasteiger partial charge in [-0.05, 0) is 162 Å². The first-order chi connectivity index (χ1) is 65.9. The van der Waals surface area contributed by atoms with E-state index in [2.05, 4.69) is 115 Å². The molecule has 0 spiro atoms. The lowest BCUT2D eigenvalue weighted by Crippen LogP contribution is -2.03. The lowest BCUT2D eigenvalue weighted by Gasteiger charge is -2.14. The summed E-state index contributed by atoms with van der Waals surface area (Å²) in [5.41, 5.74) is 8.59. The van der Waals surface area contributed by atoms with Crippen LogP contribution in [0.3, 0.4) is 0 Å². The molecule has 0 radical (unpaired) electrons. The van der Waals surface area contributed by atoms with E-state index in [0.717, 1.165) is 154 Å². The predicted molar refractivity (Wildman–Crippen MR) is 531 cm³/mol. The van der Waals surface area contributed by atoms with Gasteiger partial charge in [-0.25, -0.2) is 59.8 Å². The molecule has 0 aliphatic carbocycles. The predicted octanol–water partition coefficient (Wildman–Crippen LogP) is 26.2. The Balaban J connectivity index is 1.00. The van der Waals surface area contributed by atoms with Crippen molar-refractivity contribution in [2.24, 2.45) is 0 Å². The van der Waals surface area contributed by atoms with Gasteiger partial charge in [0.15, 0.2) is 116 Å². The van der Waals surface area contributed by atoms with Gasteiger partial charge in [-0.15, -0.1) is 0 Å². The molecular weight excluding hydrogens is 1690 g/mol. The van der Waals surface area contributed by atoms with Crippen LogP contribution in [0.25, 0.3) is 179 Å². The Morgan fingerprint density at radius 1 is 0.149 bits per heavy atom. The van der Waals surface area contributed by atoms with E-state index >= 15 is 0 Å². The van der Waals surface area contributed by atoms with Gasteiger partial charge in [-0.3, -0.25) is 0 Å². The summed E-state index contributed by atoms with van der Waals surface area (Å²) in [5.74, 6) is 9.52. The number of rotatable bonds is 48. The van der Waals surface area contributed by atoms with Crippen molar-refractivity contribution in [3.63, 3.8) is 0 Å². The monoisotopic (exact) mass is 1810 g/mol. The second kappa shape index (κ2) is 43.7. The fraction of sp³-hybridized carbons (Fsp3) is 0.453. The molecule has 0 atom stereocenters. The highest BCUT2D eigenvalue weighted by molar-refractivity contribution is 6.11. The van der Waals surface area contributed by atoms with Crippen LogP contribution in [0.5, 0.6) is 69.0 Å². The quantitative estimate of drug-likeness (QED) is 0.0257. The number of nitrogens with zero attached hydrogens (tertiary/aromatic N) is 12. The second-order valence-corrected chi connectivity index (χ2v) is 34.7. The number of aromatic amines is 4. The molecule has 4 aliphatic heterocycles. The zero-order chi connectivity index (χ0) is 92.6. The highest BCUT2D eigenvalue weighted by Crippen LogP contribution is 2.50. The number of H-pyrrole nitrogens is 4. The SMILES string of the molecule is CCCCOc1cc2c(cc1OCCCC)-c1nc-2nc2[nH]c(nc3nc(nc4[nH]c(n1)c1cc(OCCCC)c(OCCCC)cc41)-c1cc4c(cc1-3)-c1nc-4nc3[nH]c(nc4nc(nc5[nH]c(n1)c1cc(OCCCC)c(OCCCC)cc51)-c1cc(OCCCC)c(OCCCC)cc1-4)c1cc(OCCCC)c(OCCCC)cc31)c1cc(OCCCC)c(OCCCC)cc21. The van der Waals surface area contributed by atoms with Crippen LogP contribution in [-0.2, 0) is 0 Å². The highest BCUT2D eigenvalue weighted by atomic mass is 16.5. The third kappa shape index (κ3) is 20.1. The summed E-state index contributed by atoms with van der Waals surface area (Å²) in [6.07, 6.45) is 21.1. The van der Waals surface area contributed by atoms with Crippen molar-refractivity contribution in [3.8, 4) is 160 Å². The topological polar surface area (TPSA) is 329 Å². The molecule has 28 nitrogen and oxygen atoms in total. The molecule has 702 valence electrons. The average molecular weight is 1820 g/mol. The number of nitrogens with one attached hydrogen (secondary N) is 4. The maximum Gasteiger partial charge on any atom is 0.164 e. The molecule has 17 rings (SSSR count). The first-order valence-electron chi connectivity index (χ1n) is 49.3. The summed E-state index contributed by atoms with van der Waals surface area (Å²) >= 11 is 0. The van der Waals surface area contributed by atoms with Crippen LogP contribution in [0.4, 0.5) is 0 Å². The van der Waals surface area contributed by atoms with Gasteiger partial charge in [0.2, 0.25) is 0 Å². The molecule has 7 aromatic carbocycles. The van der Waals surface area contributed by atoms with E-state index in [1.54, 1.807) is 0 Å². The number of ether oxygens (including phenoxy) is 12. The minimum absolute atomic E-state index is 0.306. The largest absolute Gasteiger partial charge is 0.490 e. The van der Waals surface area contributed by atoms with Crippen LogP contribution in [0, 0.1) is 0 Å². The van der Waals surface area contributed by atoms with Crippen LogP contribution in [0.1, 0.15) is 237 Å². The van der Waals surface area contributed by atoms with Crippen LogP contribution in [-0.4, -0.2) is 159 Å². The van der Waals surface area contributed by atoms with E-state index in [0.29, 0.717) is 328 Å². The maximum absolute atomic E-state index is 6.76. The van der Waals surface area contributed by atoms with Gasteiger partial charge in [-0.2, -0.15) is 0 Å². The minimum atomic E-state index is 0.306. The number of fused-ring (bicyclic) bond motifs is 40. The first-order valence-corrected chi connectivity index (χ1v) is 49.3. The van der Waals surface area contributed by atoms with Crippen LogP contribution in [0.15, 0.2) is 84.9 Å². The van der Waals surface area contributed by atoms with Gasteiger partial charge in [0.1, 0.15) is 45.2 Å². The lowest BCUT2D eigenvalue weighted by atomic mass is 9.99. The van der Waals surface area contributed by atoms with Gasteiger partial charge in [0.05, 0.1) is 79.3 Å². The Kier molecular flexibility index (Phi) is 30.2. The van der Waals surface area contributed by atoms with E-state index in [9.17, 15) is 0 Å². The second-order valence-electron chi connectivity index (χ2n) is 34.7. The highest BCUT2D eigenvalue weighted by Gasteiger charge is 2.33. The molecule has 28 heteroatoms. The third-order valence-corrected chi connectivity index (χ3v) is 24.2. The van der Waals surface area contributed by atoms with Crippen molar-refractivity contribution < 1.29 is 56.8 Å². The van der Waals surface area contributed by atoms with Gasteiger partial charge < -0.3 is 76.8 Å². The number of aromatic nitrogens is 16. The molecule has 0 unspecified atom stereocenters. The fourth-order valence-corrected chi connectivity index (χ4v) is 16.4. The molecule has 0 amide bonds. The number of benzene rings is 7. The van der Waals surface area contributed by atoms with Crippen LogP contribution >= 0.6 is 0 Å². The van der Waals surface area contributed by atoms with E-state index < -0.39 is 0 Å². The molecule has 10 heterocycles. The Labute approximate surface area is 782 Å². The van der Waals surface area contributed by atoms with E-state index in [1.165, 1.54) is 0 Å². The number of hydrogen-bond acceptors (Lipinski definition) is 24. The molecule has 0 fully saturated rings. The minimum Gasteiger partial charge on any atom is -0.490 e. The molecule has 16 bridgehead atoms. The molecule has 13 aromatic rings. The summed E-state index contributed by atoms with van der Waals surface area (Å²) in [6.45, 7) is 31.3. The van der Waals surface area contributed by atoms with Crippen LogP contribution in [0.2, 0.25) is 0 Å². The molecule has 0 saturated carbocycles. The van der Waals surface area contributed by atoms with Crippen molar-refractivity contribution >= 4 is 88.3 Å². The van der Waals surface area contributed by atoms with Gasteiger partial charge in [0.25, 0.3) is 0 Å². The van der Waals surface area contributed by atoms with E-state index in [4.69, 9.17) is 117 Å². The summed E-state index contributed by atoms with van der Waals surface area (Å²) in [7, 11) is 0. The average Bonchev–Trinajstić information content (AvgIpc) is 1.57. The van der Waals surface area contributed by atoms with Gasteiger partial charge in [0, 0.05) is 87.6 Å².